The zero-order valence-corrected chi connectivity index (χ0v) is 9.80. The molecule has 0 atom stereocenters. The number of hydrogen-bond donors (Lipinski definition) is 2. The number of nitrogens with two attached hydrogens (primary N) is 1. The first-order chi connectivity index (χ1) is 7.04. The Labute approximate surface area is 96.0 Å². The van der Waals surface area contributed by atoms with Gasteiger partial charge in [0.1, 0.15) is 0 Å². The van der Waals surface area contributed by atoms with Crippen LogP contribution in [0.2, 0.25) is 0 Å². The second-order valence-electron chi connectivity index (χ2n) is 3.00. The minimum absolute atomic E-state index is 0.0803. The van der Waals surface area contributed by atoms with Gasteiger partial charge in [0.25, 0.3) is 0 Å². The van der Waals surface area contributed by atoms with Crippen LogP contribution >= 0.6 is 15.9 Å². The molecule has 0 aliphatic heterocycles. The lowest BCUT2D eigenvalue weighted by Crippen LogP contribution is -2.17. The Hall–Kier alpha value is -1.20. The zero-order chi connectivity index (χ0) is 11.4. The van der Waals surface area contributed by atoms with E-state index in [1.165, 1.54) is 6.92 Å². The van der Waals surface area contributed by atoms with E-state index in [1.54, 1.807) is 18.2 Å². The van der Waals surface area contributed by atoms with Gasteiger partial charge in [-0.25, -0.2) is 0 Å². The molecule has 0 saturated carbocycles. The third kappa shape index (κ3) is 3.14. The molecule has 15 heavy (non-hydrogen) atoms. The molecule has 5 heteroatoms. The lowest BCUT2D eigenvalue weighted by molar-refractivity contribution is -0.114. The maximum absolute atomic E-state index is 11.5. The second kappa shape index (κ2) is 5.04. The zero-order valence-electron chi connectivity index (χ0n) is 8.21. The summed E-state index contributed by atoms with van der Waals surface area (Å²) in [4.78, 5) is 22.4. The van der Waals surface area contributed by atoms with Crippen LogP contribution in [0.4, 0.5) is 5.69 Å². The minimum atomic E-state index is -0.219. The molecule has 1 aromatic rings. The number of carbonyl (C=O) groups is 2. The number of Topliss-reactive ketones (excluding diaryl/α,β-unsaturated/α-hetero) is 1. The predicted molar refractivity (Wildman–Crippen MR) is 61.8 cm³/mol. The highest BCUT2D eigenvalue weighted by Gasteiger charge is 2.11. The molecule has 1 rings (SSSR count). The number of anilines is 1. The van der Waals surface area contributed by atoms with E-state index in [9.17, 15) is 9.59 Å². The average molecular weight is 271 g/mol. The van der Waals surface area contributed by atoms with Crippen molar-refractivity contribution >= 4 is 33.3 Å². The predicted octanol–water partition coefficient (Wildman–Crippen LogP) is 1.55. The highest BCUT2D eigenvalue weighted by Crippen LogP contribution is 2.21. The topological polar surface area (TPSA) is 72.2 Å². The first-order valence-electron chi connectivity index (χ1n) is 4.35. The Morgan fingerprint density at radius 1 is 1.47 bits per heavy atom. The van der Waals surface area contributed by atoms with Crippen LogP contribution < -0.4 is 11.1 Å². The van der Waals surface area contributed by atoms with Crippen LogP contribution in [0.25, 0.3) is 0 Å². The van der Waals surface area contributed by atoms with Gasteiger partial charge in [-0.15, -0.1) is 0 Å². The van der Waals surface area contributed by atoms with Crippen LogP contribution in [0.15, 0.2) is 22.7 Å². The fourth-order valence-electron chi connectivity index (χ4n) is 1.16. The van der Waals surface area contributed by atoms with Gasteiger partial charge in [-0.2, -0.15) is 0 Å². The summed E-state index contributed by atoms with van der Waals surface area (Å²) < 4.78 is 0.772. The molecule has 1 amide bonds. The van der Waals surface area contributed by atoms with E-state index >= 15 is 0 Å². The Kier molecular flexibility index (Phi) is 3.99. The van der Waals surface area contributed by atoms with E-state index < -0.39 is 0 Å². The van der Waals surface area contributed by atoms with E-state index in [0.717, 1.165) is 4.47 Å². The van der Waals surface area contributed by atoms with E-state index in [-0.39, 0.29) is 18.2 Å². The van der Waals surface area contributed by atoms with E-state index in [2.05, 4.69) is 21.2 Å². The lowest BCUT2D eigenvalue weighted by atomic mass is 10.1. The molecule has 0 saturated heterocycles. The van der Waals surface area contributed by atoms with Crippen molar-refractivity contribution in [2.75, 3.05) is 11.9 Å². The van der Waals surface area contributed by atoms with E-state index in [1.807, 2.05) is 0 Å². The van der Waals surface area contributed by atoms with E-state index in [4.69, 9.17) is 5.73 Å². The normalized spacial score (nSPS) is 9.80. The van der Waals surface area contributed by atoms with Gasteiger partial charge in [-0.05, 0) is 18.2 Å². The first kappa shape index (κ1) is 11.9. The second-order valence-corrected chi connectivity index (χ2v) is 3.91. The number of amides is 1. The van der Waals surface area contributed by atoms with Crippen LogP contribution in [-0.2, 0) is 4.79 Å². The summed E-state index contributed by atoms with van der Waals surface area (Å²) in [6.07, 6.45) is 0. The summed E-state index contributed by atoms with van der Waals surface area (Å²) >= 11 is 3.25. The van der Waals surface area contributed by atoms with Crippen LogP contribution in [0.5, 0.6) is 0 Å². The number of halogens is 1. The van der Waals surface area contributed by atoms with Crippen LogP contribution in [0.3, 0.4) is 0 Å². The third-order valence-corrected chi connectivity index (χ3v) is 2.27. The fraction of sp³-hybridized carbons (Fsp3) is 0.200. The summed E-state index contributed by atoms with van der Waals surface area (Å²) in [5.74, 6) is -0.427. The standard InChI is InChI=1S/C10H11BrN2O2/c1-6(14)13-9-3-2-7(11)4-8(9)10(15)5-12/h2-4H,5,12H2,1H3,(H,13,14). The van der Waals surface area contributed by atoms with Crippen molar-refractivity contribution < 1.29 is 9.59 Å². The summed E-state index contributed by atoms with van der Waals surface area (Å²) in [7, 11) is 0. The third-order valence-electron chi connectivity index (χ3n) is 1.78. The van der Waals surface area contributed by atoms with Crippen LogP contribution in [0.1, 0.15) is 17.3 Å². The Morgan fingerprint density at radius 3 is 2.67 bits per heavy atom. The molecule has 0 aliphatic rings. The number of benzene rings is 1. The molecule has 0 aromatic heterocycles. The lowest BCUT2D eigenvalue weighted by Gasteiger charge is -2.08. The number of hydrogen-bond acceptors (Lipinski definition) is 3. The summed E-state index contributed by atoms with van der Waals surface area (Å²) in [5, 5.41) is 2.58. The number of carbonyl (C=O) groups excluding carboxylic acids is 2. The van der Waals surface area contributed by atoms with Gasteiger partial charge in [0.05, 0.1) is 12.2 Å². The monoisotopic (exact) mass is 270 g/mol. The van der Waals surface area contributed by atoms with E-state index in [0.29, 0.717) is 11.3 Å². The number of nitrogens with one attached hydrogen (secondary N) is 1. The average Bonchev–Trinajstić information content (AvgIpc) is 2.19. The largest absolute Gasteiger partial charge is 0.326 e. The van der Waals surface area contributed by atoms with Gasteiger partial charge in [-0.3, -0.25) is 9.59 Å². The minimum Gasteiger partial charge on any atom is -0.326 e. The molecule has 0 heterocycles. The summed E-state index contributed by atoms with van der Waals surface area (Å²) in [6, 6.07) is 5.05. The van der Waals surface area contributed by atoms with Gasteiger partial charge in [-0.1, -0.05) is 15.9 Å². The molecule has 3 N–H and O–H groups in total. The molecule has 1 aromatic carbocycles. The van der Waals surface area contributed by atoms with Crippen molar-refractivity contribution in [2.45, 2.75) is 6.92 Å². The van der Waals surface area contributed by atoms with Crippen molar-refractivity contribution in [1.82, 2.24) is 0 Å². The van der Waals surface area contributed by atoms with Gasteiger partial charge in [0, 0.05) is 17.0 Å². The molecule has 0 fully saturated rings. The first-order valence-corrected chi connectivity index (χ1v) is 5.14. The molecule has 0 bridgehead atoms. The Balaban J connectivity index is 3.14. The molecule has 4 nitrogen and oxygen atoms in total. The van der Waals surface area contributed by atoms with Crippen molar-refractivity contribution in [3.05, 3.63) is 28.2 Å². The van der Waals surface area contributed by atoms with Gasteiger partial charge in [0.2, 0.25) is 5.91 Å². The summed E-state index contributed by atoms with van der Waals surface area (Å²) in [6.45, 7) is 1.31. The quantitative estimate of drug-likeness (QED) is 0.819. The van der Waals surface area contributed by atoms with Crippen LogP contribution in [-0.4, -0.2) is 18.2 Å². The Morgan fingerprint density at radius 2 is 2.13 bits per heavy atom. The van der Waals surface area contributed by atoms with Gasteiger partial charge < -0.3 is 11.1 Å². The van der Waals surface area contributed by atoms with Gasteiger partial charge >= 0.3 is 0 Å². The molecular weight excluding hydrogens is 260 g/mol. The van der Waals surface area contributed by atoms with Crippen molar-refractivity contribution in [1.29, 1.82) is 0 Å². The molecular formula is C10H11BrN2O2. The molecule has 0 aliphatic carbocycles. The number of ketones is 1. The molecule has 80 valence electrons. The van der Waals surface area contributed by atoms with Gasteiger partial charge in [0.15, 0.2) is 5.78 Å². The van der Waals surface area contributed by atoms with Crippen LogP contribution in [0, 0.1) is 0 Å². The maximum Gasteiger partial charge on any atom is 0.221 e. The molecule has 0 radical (unpaired) electrons. The fourth-order valence-corrected chi connectivity index (χ4v) is 1.52. The maximum atomic E-state index is 11.5. The highest BCUT2D eigenvalue weighted by atomic mass is 79.9. The molecule has 0 unspecified atom stereocenters. The van der Waals surface area contributed by atoms with Crippen molar-refractivity contribution in [2.24, 2.45) is 5.73 Å². The molecule has 0 spiro atoms. The van der Waals surface area contributed by atoms with Crippen molar-refractivity contribution in [3.63, 3.8) is 0 Å². The summed E-state index contributed by atoms with van der Waals surface area (Å²) in [5.41, 5.74) is 6.18. The smallest absolute Gasteiger partial charge is 0.221 e. The number of rotatable bonds is 3. The van der Waals surface area contributed by atoms with Crippen molar-refractivity contribution in [3.8, 4) is 0 Å². The highest BCUT2D eigenvalue weighted by molar-refractivity contribution is 9.10. The Bertz CT molecular complexity index is 404. The SMILES string of the molecule is CC(=O)Nc1ccc(Br)cc1C(=O)CN.